The highest BCUT2D eigenvalue weighted by Crippen LogP contribution is 2.31. The molecule has 3 N–H and O–H groups in total. The van der Waals surface area contributed by atoms with Crippen LogP contribution < -0.4 is 11.1 Å². The summed E-state index contributed by atoms with van der Waals surface area (Å²) in [7, 11) is 0. The summed E-state index contributed by atoms with van der Waals surface area (Å²) in [6, 6.07) is 7.50. The summed E-state index contributed by atoms with van der Waals surface area (Å²) in [6.07, 6.45) is 1.53. The number of pyridine rings is 1. The zero-order valence-corrected chi connectivity index (χ0v) is 11.6. The molecule has 0 spiro atoms. The molecule has 6 heteroatoms. The molecule has 0 atom stereocenters. The molecule has 0 aliphatic carbocycles. The monoisotopic (exact) mass is 279 g/mol. The van der Waals surface area contributed by atoms with Crippen molar-refractivity contribution in [3.05, 3.63) is 41.2 Å². The van der Waals surface area contributed by atoms with E-state index >= 15 is 0 Å². The molecule has 3 aromatic rings. The predicted molar refractivity (Wildman–Crippen MR) is 80.1 cm³/mol. The van der Waals surface area contributed by atoms with Crippen LogP contribution in [0.25, 0.3) is 10.9 Å². The number of nitrogens with two attached hydrogens (primary N) is 1. The second kappa shape index (κ2) is 4.80. The average molecular weight is 279 g/mol. The quantitative estimate of drug-likeness (QED) is 0.699. The number of nitrogens with one attached hydrogen (secondary N) is 1. The summed E-state index contributed by atoms with van der Waals surface area (Å²) in [5.41, 5.74) is 9.93. The molecule has 0 amide bonds. The minimum atomic E-state index is 0.418. The standard InChI is InChI=1S/C15H13N5O/c1-8-9(2)20-21-15(8)19-14-10(6-16)7-18-13-4-3-11(17)5-12(13)14/h3-5,7H,17H2,1-2H3,(H,18,19). The van der Waals surface area contributed by atoms with E-state index in [0.29, 0.717) is 22.8 Å². The first-order chi connectivity index (χ1) is 10.1. The predicted octanol–water partition coefficient (Wildman–Crippen LogP) is 3.04. The third-order valence-electron chi connectivity index (χ3n) is 3.41. The third kappa shape index (κ3) is 2.15. The van der Waals surface area contributed by atoms with Crippen LogP contribution in [0.4, 0.5) is 17.3 Å². The number of hydrogen-bond donors (Lipinski definition) is 2. The van der Waals surface area contributed by atoms with Gasteiger partial charge in [0.25, 0.3) is 0 Å². The van der Waals surface area contributed by atoms with Gasteiger partial charge in [-0.05, 0) is 32.0 Å². The maximum Gasteiger partial charge on any atom is 0.232 e. The first-order valence-electron chi connectivity index (χ1n) is 6.38. The van der Waals surface area contributed by atoms with Crippen LogP contribution in [0.1, 0.15) is 16.8 Å². The van der Waals surface area contributed by atoms with Crippen LogP contribution in [-0.4, -0.2) is 10.1 Å². The smallest absolute Gasteiger partial charge is 0.232 e. The molecule has 21 heavy (non-hydrogen) atoms. The van der Waals surface area contributed by atoms with Gasteiger partial charge in [0.05, 0.1) is 22.5 Å². The Labute approximate surface area is 121 Å². The Balaban J connectivity index is 2.22. The number of fused-ring (bicyclic) bond motifs is 1. The van der Waals surface area contributed by atoms with Gasteiger partial charge in [-0.15, -0.1) is 0 Å². The number of rotatable bonds is 2. The number of hydrogen-bond acceptors (Lipinski definition) is 6. The summed E-state index contributed by atoms with van der Waals surface area (Å²) in [5.74, 6) is 0.513. The number of nitrogen functional groups attached to an aromatic ring is 1. The molecule has 104 valence electrons. The molecule has 0 aliphatic heterocycles. The molecule has 0 radical (unpaired) electrons. The highest BCUT2D eigenvalue weighted by molar-refractivity contribution is 5.97. The fraction of sp³-hybridized carbons (Fsp3) is 0.133. The van der Waals surface area contributed by atoms with Crippen LogP contribution in [0.15, 0.2) is 28.9 Å². The van der Waals surface area contributed by atoms with Gasteiger partial charge in [0.2, 0.25) is 5.88 Å². The van der Waals surface area contributed by atoms with Crippen molar-refractivity contribution in [2.24, 2.45) is 0 Å². The van der Waals surface area contributed by atoms with Gasteiger partial charge in [0.1, 0.15) is 6.07 Å². The molecule has 0 saturated heterocycles. The molecule has 0 bridgehead atoms. The molecule has 1 aromatic carbocycles. The lowest BCUT2D eigenvalue weighted by Crippen LogP contribution is -1.98. The van der Waals surface area contributed by atoms with Crippen molar-refractivity contribution in [2.45, 2.75) is 13.8 Å². The lowest BCUT2D eigenvalue weighted by Gasteiger charge is -2.10. The molecule has 0 aliphatic rings. The van der Waals surface area contributed by atoms with Crippen LogP contribution in [0, 0.1) is 25.2 Å². The molecule has 3 rings (SSSR count). The zero-order chi connectivity index (χ0) is 15.0. The normalized spacial score (nSPS) is 10.5. The van der Waals surface area contributed by atoms with Crippen LogP contribution in [0.2, 0.25) is 0 Å². The second-order valence-corrected chi connectivity index (χ2v) is 4.78. The molecule has 0 fully saturated rings. The number of anilines is 3. The van der Waals surface area contributed by atoms with Crippen molar-refractivity contribution in [3.63, 3.8) is 0 Å². The first-order valence-corrected chi connectivity index (χ1v) is 6.38. The van der Waals surface area contributed by atoms with E-state index in [2.05, 4.69) is 21.5 Å². The number of nitrogens with zero attached hydrogens (tertiary/aromatic N) is 3. The van der Waals surface area contributed by atoms with Gasteiger partial charge in [-0.1, -0.05) is 5.16 Å². The topological polar surface area (TPSA) is 101 Å². The van der Waals surface area contributed by atoms with Crippen molar-refractivity contribution in [2.75, 3.05) is 11.1 Å². The Morgan fingerprint density at radius 2 is 2.14 bits per heavy atom. The Kier molecular flexibility index (Phi) is 2.95. The van der Waals surface area contributed by atoms with Crippen LogP contribution in [0.5, 0.6) is 0 Å². The van der Waals surface area contributed by atoms with Gasteiger partial charge in [-0.25, -0.2) is 0 Å². The third-order valence-corrected chi connectivity index (χ3v) is 3.41. The van der Waals surface area contributed by atoms with E-state index in [0.717, 1.165) is 22.2 Å². The summed E-state index contributed by atoms with van der Waals surface area (Å²) >= 11 is 0. The van der Waals surface area contributed by atoms with Crippen LogP contribution in [0.3, 0.4) is 0 Å². The molecule has 0 saturated carbocycles. The summed E-state index contributed by atoms with van der Waals surface area (Å²) in [5, 5.41) is 17.1. The molecule has 2 heterocycles. The van der Waals surface area contributed by atoms with E-state index in [9.17, 15) is 5.26 Å². The number of nitriles is 1. The van der Waals surface area contributed by atoms with Gasteiger partial charge in [-0.2, -0.15) is 5.26 Å². The van der Waals surface area contributed by atoms with Crippen LogP contribution >= 0.6 is 0 Å². The van der Waals surface area contributed by atoms with E-state index < -0.39 is 0 Å². The maximum absolute atomic E-state index is 9.29. The molecule has 6 nitrogen and oxygen atoms in total. The summed E-state index contributed by atoms with van der Waals surface area (Å²) < 4.78 is 5.26. The van der Waals surface area contributed by atoms with E-state index in [4.69, 9.17) is 10.3 Å². The fourth-order valence-corrected chi connectivity index (χ4v) is 2.08. The van der Waals surface area contributed by atoms with Crippen molar-refractivity contribution in [1.82, 2.24) is 10.1 Å². The average Bonchev–Trinajstić information content (AvgIpc) is 2.80. The van der Waals surface area contributed by atoms with Gasteiger partial charge in [0.15, 0.2) is 0 Å². The largest absolute Gasteiger partial charge is 0.399 e. The Morgan fingerprint density at radius 3 is 2.81 bits per heavy atom. The Hall–Kier alpha value is -3.07. The zero-order valence-electron chi connectivity index (χ0n) is 11.6. The van der Waals surface area contributed by atoms with E-state index in [1.807, 2.05) is 19.9 Å². The number of benzene rings is 1. The Bertz CT molecular complexity index is 876. The second-order valence-electron chi connectivity index (χ2n) is 4.78. The SMILES string of the molecule is Cc1noc(Nc2c(C#N)cnc3ccc(N)cc23)c1C. The minimum absolute atomic E-state index is 0.418. The van der Waals surface area contributed by atoms with Gasteiger partial charge < -0.3 is 15.6 Å². The van der Waals surface area contributed by atoms with Crippen molar-refractivity contribution >= 4 is 28.2 Å². The summed E-state index contributed by atoms with van der Waals surface area (Å²) in [6.45, 7) is 3.76. The van der Waals surface area contributed by atoms with Crippen molar-refractivity contribution in [3.8, 4) is 6.07 Å². The maximum atomic E-state index is 9.29. The molecule has 0 unspecified atom stereocenters. The van der Waals surface area contributed by atoms with E-state index in [1.54, 1.807) is 12.1 Å². The van der Waals surface area contributed by atoms with Gasteiger partial charge in [-0.3, -0.25) is 4.98 Å². The Morgan fingerprint density at radius 1 is 1.33 bits per heavy atom. The molecular formula is C15H13N5O. The number of aromatic nitrogens is 2. The minimum Gasteiger partial charge on any atom is -0.399 e. The van der Waals surface area contributed by atoms with Gasteiger partial charge in [0, 0.05) is 22.8 Å². The molecular weight excluding hydrogens is 266 g/mol. The molecule has 2 aromatic heterocycles. The van der Waals surface area contributed by atoms with E-state index in [1.165, 1.54) is 6.20 Å². The highest BCUT2D eigenvalue weighted by Gasteiger charge is 2.14. The van der Waals surface area contributed by atoms with Gasteiger partial charge >= 0.3 is 0 Å². The lowest BCUT2D eigenvalue weighted by atomic mass is 10.1. The lowest BCUT2D eigenvalue weighted by molar-refractivity contribution is 0.429. The first kappa shape index (κ1) is 12.9. The summed E-state index contributed by atoms with van der Waals surface area (Å²) in [4.78, 5) is 4.26. The van der Waals surface area contributed by atoms with Crippen molar-refractivity contribution in [1.29, 1.82) is 5.26 Å². The van der Waals surface area contributed by atoms with Crippen molar-refractivity contribution < 1.29 is 4.52 Å². The van der Waals surface area contributed by atoms with E-state index in [-0.39, 0.29) is 0 Å². The number of aryl methyl sites for hydroxylation is 1. The fourth-order valence-electron chi connectivity index (χ4n) is 2.08. The highest BCUT2D eigenvalue weighted by atomic mass is 16.5. The van der Waals surface area contributed by atoms with Crippen LogP contribution in [-0.2, 0) is 0 Å².